The fraction of sp³-hybridized carbons (Fsp3) is 0.200. The molecule has 1 aromatic carbocycles. The summed E-state index contributed by atoms with van der Waals surface area (Å²) in [5.41, 5.74) is 2.04. The molecule has 0 saturated heterocycles. The van der Waals surface area contributed by atoms with Crippen LogP contribution in [0.25, 0.3) is 11.4 Å². The van der Waals surface area contributed by atoms with E-state index in [1.165, 1.54) is 0 Å². The van der Waals surface area contributed by atoms with E-state index in [-0.39, 0.29) is 0 Å². The minimum absolute atomic E-state index is 0.562. The summed E-state index contributed by atoms with van der Waals surface area (Å²) < 4.78 is 7.28. The van der Waals surface area contributed by atoms with Crippen LogP contribution in [0.4, 0.5) is 0 Å². The molecule has 3 aromatic rings. The van der Waals surface area contributed by atoms with E-state index in [9.17, 15) is 0 Å². The molecular formula is C15H13Cl2N3OS. The molecule has 3 rings (SSSR count). The number of halogens is 2. The van der Waals surface area contributed by atoms with Crippen molar-refractivity contribution in [2.24, 2.45) is 7.05 Å². The van der Waals surface area contributed by atoms with Gasteiger partial charge in [0, 0.05) is 12.8 Å². The van der Waals surface area contributed by atoms with Gasteiger partial charge in [-0.25, -0.2) is 0 Å². The van der Waals surface area contributed by atoms with Gasteiger partial charge in [-0.2, -0.15) is 0 Å². The molecule has 0 bridgehead atoms. The molecule has 0 fully saturated rings. The average molecular weight is 354 g/mol. The first-order chi connectivity index (χ1) is 10.6. The number of aromatic nitrogens is 3. The van der Waals surface area contributed by atoms with E-state index in [4.69, 9.17) is 27.6 Å². The van der Waals surface area contributed by atoms with E-state index in [1.54, 1.807) is 24.1 Å². The molecule has 114 valence electrons. The van der Waals surface area contributed by atoms with Crippen molar-refractivity contribution in [2.45, 2.75) is 17.8 Å². The topological polar surface area (TPSA) is 43.9 Å². The number of benzene rings is 1. The first kappa shape index (κ1) is 15.5. The van der Waals surface area contributed by atoms with Crippen LogP contribution in [-0.4, -0.2) is 14.8 Å². The van der Waals surface area contributed by atoms with E-state index >= 15 is 0 Å². The quantitative estimate of drug-likeness (QED) is 0.620. The molecule has 2 heterocycles. The van der Waals surface area contributed by atoms with Gasteiger partial charge in [-0.05, 0) is 30.7 Å². The molecule has 0 aliphatic heterocycles. The maximum absolute atomic E-state index is 6.03. The summed E-state index contributed by atoms with van der Waals surface area (Å²) >= 11 is 13.6. The van der Waals surface area contributed by atoms with Gasteiger partial charge in [0.15, 0.2) is 11.0 Å². The van der Waals surface area contributed by atoms with Crippen LogP contribution in [0.15, 0.2) is 40.1 Å². The molecule has 0 amide bonds. The van der Waals surface area contributed by atoms with Gasteiger partial charge in [-0.3, -0.25) is 0 Å². The Bertz CT molecular complexity index is 813. The maximum atomic E-state index is 6.03. The van der Waals surface area contributed by atoms with Crippen LogP contribution in [0.1, 0.15) is 11.3 Å². The lowest BCUT2D eigenvalue weighted by Gasteiger charge is -2.04. The Labute approximate surface area is 142 Å². The van der Waals surface area contributed by atoms with Crippen LogP contribution < -0.4 is 0 Å². The molecule has 0 aliphatic carbocycles. The zero-order valence-corrected chi connectivity index (χ0v) is 14.3. The molecule has 7 heteroatoms. The summed E-state index contributed by atoms with van der Waals surface area (Å²) in [6, 6.07) is 7.52. The summed E-state index contributed by atoms with van der Waals surface area (Å²) in [6.45, 7) is 1.91. The van der Waals surface area contributed by atoms with Gasteiger partial charge >= 0.3 is 0 Å². The van der Waals surface area contributed by atoms with Gasteiger partial charge in [0.25, 0.3) is 0 Å². The van der Waals surface area contributed by atoms with Crippen molar-refractivity contribution in [3.05, 3.63) is 51.9 Å². The lowest BCUT2D eigenvalue weighted by Crippen LogP contribution is -1.95. The number of rotatable bonds is 4. The van der Waals surface area contributed by atoms with Gasteiger partial charge in [0.1, 0.15) is 5.76 Å². The lowest BCUT2D eigenvalue weighted by molar-refractivity contribution is 0.534. The third kappa shape index (κ3) is 3.02. The number of hydrogen-bond acceptors (Lipinski definition) is 4. The van der Waals surface area contributed by atoms with Gasteiger partial charge < -0.3 is 8.98 Å². The van der Waals surface area contributed by atoms with E-state index < -0.39 is 0 Å². The summed E-state index contributed by atoms with van der Waals surface area (Å²) in [4.78, 5) is 0. The van der Waals surface area contributed by atoms with Crippen molar-refractivity contribution >= 4 is 35.0 Å². The predicted molar refractivity (Wildman–Crippen MR) is 89.5 cm³/mol. The van der Waals surface area contributed by atoms with Crippen LogP contribution in [0, 0.1) is 6.92 Å². The number of thioether (sulfide) groups is 1. The van der Waals surface area contributed by atoms with Crippen LogP contribution in [0.5, 0.6) is 0 Å². The normalized spacial score (nSPS) is 11.1. The first-order valence-electron chi connectivity index (χ1n) is 6.57. The molecule has 0 N–H and O–H groups in total. The van der Waals surface area contributed by atoms with Crippen molar-refractivity contribution in [1.29, 1.82) is 0 Å². The third-order valence-electron chi connectivity index (χ3n) is 3.29. The zero-order chi connectivity index (χ0) is 15.7. The van der Waals surface area contributed by atoms with E-state index in [2.05, 4.69) is 10.2 Å². The molecule has 22 heavy (non-hydrogen) atoms. The fourth-order valence-electron chi connectivity index (χ4n) is 2.07. The van der Waals surface area contributed by atoms with E-state index in [0.717, 1.165) is 33.6 Å². The Morgan fingerprint density at radius 2 is 2.00 bits per heavy atom. The van der Waals surface area contributed by atoms with Gasteiger partial charge in [0.2, 0.25) is 0 Å². The summed E-state index contributed by atoms with van der Waals surface area (Å²) in [7, 11) is 1.94. The molecule has 0 saturated carbocycles. The monoisotopic (exact) mass is 353 g/mol. The summed E-state index contributed by atoms with van der Waals surface area (Å²) in [5.74, 6) is 2.37. The highest BCUT2D eigenvalue weighted by Gasteiger charge is 2.14. The Kier molecular flexibility index (Phi) is 4.47. The largest absolute Gasteiger partial charge is 0.469 e. The number of nitrogens with zero attached hydrogens (tertiary/aromatic N) is 3. The SMILES string of the molecule is Cc1occc1-c1nnc(SCc2ccc(Cl)c(Cl)c2)n1C. The highest BCUT2D eigenvalue weighted by molar-refractivity contribution is 7.98. The van der Waals surface area contributed by atoms with Crippen molar-refractivity contribution in [3.63, 3.8) is 0 Å². The van der Waals surface area contributed by atoms with Gasteiger partial charge in [-0.1, -0.05) is 41.0 Å². The minimum Gasteiger partial charge on any atom is -0.469 e. The van der Waals surface area contributed by atoms with Crippen molar-refractivity contribution in [1.82, 2.24) is 14.8 Å². The zero-order valence-electron chi connectivity index (χ0n) is 12.0. The van der Waals surface area contributed by atoms with Crippen molar-refractivity contribution in [2.75, 3.05) is 0 Å². The molecule has 2 aromatic heterocycles. The molecule has 4 nitrogen and oxygen atoms in total. The lowest BCUT2D eigenvalue weighted by atomic mass is 10.2. The molecule has 0 radical (unpaired) electrons. The van der Waals surface area contributed by atoms with Crippen molar-refractivity contribution in [3.8, 4) is 11.4 Å². The van der Waals surface area contributed by atoms with Crippen molar-refractivity contribution < 1.29 is 4.42 Å². The van der Waals surface area contributed by atoms with Gasteiger partial charge in [0.05, 0.1) is 21.9 Å². The molecule has 0 unspecified atom stereocenters. The number of furan rings is 1. The summed E-state index contributed by atoms with van der Waals surface area (Å²) in [6.07, 6.45) is 1.65. The molecular weight excluding hydrogens is 341 g/mol. The standard InChI is InChI=1S/C15H13Cl2N3OS/c1-9-11(5-6-21-9)14-18-19-15(20(14)2)22-8-10-3-4-12(16)13(17)7-10/h3-7H,8H2,1-2H3. The second kappa shape index (κ2) is 6.36. The van der Waals surface area contributed by atoms with E-state index in [1.807, 2.05) is 36.7 Å². The van der Waals surface area contributed by atoms with Crippen LogP contribution in [-0.2, 0) is 12.8 Å². The predicted octanol–water partition coefficient (Wildman–Crippen LogP) is 4.98. The average Bonchev–Trinajstić information content (AvgIpc) is 3.06. The molecule has 0 spiro atoms. The molecule has 0 aliphatic rings. The summed E-state index contributed by atoms with van der Waals surface area (Å²) in [5, 5.41) is 10.5. The maximum Gasteiger partial charge on any atom is 0.191 e. The Hall–Kier alpha value is -1.43. The van der Waals surface area contributed by atoms with Gasteiger partial charge in [-0.15, -0.1) is 10.2 Å². The smallest absolute Gasteiger partial charge is 0.191 e. The van der Waals surface area contributed by atoms with Crippen LogP contribution in [0.2, 0.25) is 10.0 Å². The van der Waals surface area contributed by atoms with Crippen LogP contribution in [0.3, 0.4) is 0 Å². The first-order valence-corrected chi connectivity index (χ1v) is 8.31. The third-order valence-corrected chi connectivity index (χ3v) is 5.12. The van der Waals surface area contributed by atoms with Crippen LogP contribution >= 0.6 is 35.0 Å². The number of hydrogen-bond donors (Lipinski definition) is 0. The molecule has 0 atom stereocenters. The Morgan fingerprint density at radius 3 is 2.68 bits per heavy atom. The second-order valence-corrected chi connectivity index (χ2v) is 6.55. The highest BCUT2D eigenvalue weighted by Crippen LogP contribution is 2.29. The van der Waals surface area contributed by atoms with E-state index in [0.29, 0.717) is 10.0 Å². The number of aryl methyl sites for hydroxylation is 1. The Balaban J connectivity index is 1.78. The highest BCUT2D eigenvalue weighted by atomic mass is 35.5. The minimum atomic E-state index is 0.562. The Morgan fingerprint density at radius 1 is 1.18 bits per heavy atom. The second-order valence-electron chi connectivity index (χ2n) is 4.79. The fourth-order valence-corrected chi connectivity index (χ4v) is 3.24.